The van der Waals surface area contributed by atoms with E-state index in [1.807, 2.05) is 45.0 Å². The van der Waals surface area contributed by atoms with Gasteiger partial charge in [0.05, 0.1) is 18.6 Å². The third-order valence-electron chi connectivity index (χ3n) is 7.26. The first kappa shape index (κ1) is 29.4. The Morgan fingerprint density at radius 1 is 1.11 bits per heavy atom. The third kappa shape index (κ3) is 8.16. The van der Waals surface area contributed by atoms with Gasteiger partial charge in [0.25, 0.3) is 0 Å². The average molecular weight is 518 g/mol. The molecule has 3 N–H and O–H groups in total. The van der Waals surface area contributed by atoms with Gasteiger partial charge < -0.3 is 20.3 Å². The Labute approximate surface area is 226 Å². The van der Waals surface area contributed by atoms with E-state index in [0.717, 1.165) is 35.2 Å². The van der Waals surface area contributed by atoms with Crippen molar-refractivity contribution in [3.05, 3.63) is 70.3 Å². The van der Waals surface area contributed by atoms with Crippen molar-refractivity contribution >= 4 is 18.9 Å². The van der Waals surface area contributed by atoms with E-state index >= 15 is 0 Å². The predicted octanol–water partition coefficient (Wildman–Crippen LogP) is 2.03. The maximum atomic E-state index is 12.8. The van der Waals surface area contributed by atoms with Gasteiger partial charge in [-0.2, -0.15) is 5.26 Å². The Morgan fingerprint density at radius 3 is 2.42 bits per heavy atom. The highest BCUT2D eigenvalue weighted by Gasteiger charge is 2.27. The van der Waals surface area contributed by atoms with Crippen LogP contribution in [-0.4, -0.2) is 70.9 Å². The van der Waals surface area contributed by atoms with Crippen molar-refractivity contribution in [1.29, 1.82) is 5.26 Å². The molecule has 0 aromatic heterocycles. The molecule has 0 radical (unpaired) electrons. The average Bonchev–Trinajstić information content (AvgIpc) is 2.90. The molecule has 3 rings (SSSR count). The Kier molecular flexibility index (Phi) is 10.9. The molecule has 8 nitrogen and oxygen atoms in total. The standard InChI is InChI=1S/C29H39BN4O4/c1-4-34(5-2)29(36)25(18-31)13-11-22-10-12-24-14-15-33(19-26(24)16-22)20-28(35)32-27(30(37)38)17-23-8-6-21(3)7-9-23/h6-10,12,16,25,27,37-38H,4-5,11,13-15,17,19-20H2,1-3H3,(H,32,35)/t25?,27-/m0/s1. The van der Waals surface area contributed by atoms with E-state index in [-0.39, 0.29) is 18.4 Å². The minimum Gasteiger partial charge on any atom is -0.426 e. The molecule has 9 heteroatoms. The minimum atomic E-state index is -1.66. The molecule has 1 heterocycles. The Hall–Kier alpha value is -3.19. The van der Waals surface area contributed by atoms with Crippen molar-refractivity contribution in [1.82, 2.24) is 15.1 Å². The second-order valence-electron chi connectivity index (χ2n) is 10.1. The quantitative estimate of drug-likeness (QED) is 0.371. The highest BCUT2D eigenvalue weighted by molar-refractivity contribution is 6.43. The summed E-state index contributed by atoms with van der Waals surface area (Å²) < 4.78 is 0. The van der Waals surface area contributed by atoms with Crippen LogP contribution in [-0.2, 0) is 35.4 Å². The fourth-order valence-corrected chi connectivity index (χ4v) is 4.93. The zero-order valence-corrected chi connectivity index (χ0v) is 22.7. The smallest absolute Gasteiger partial charge is 0.426 e. The Balaban J connectivity index is 1.56. The number of nitrogens with zero attached hydrogens (tertiary/aromatic N) is 3. The molecule has 2 atom stereocenters. The number of nitrogens with one attached hydrogen (secondary N) is 1. The summed E-state index contributed by atoms with van der Waals surface area (Å²) in [4.78, 5) is 29.1. The SMILES string of the molecule is CCN(CC)C(=O)C(C#N)CCc1ccc2c(c1)CN(CC(=O)N[C@@H](Cc1ccc(C)cc1)B(O)O)CC2. The number of benzene rings is 2. The summed E-state index contributed by atoms with van der Waals surface area (Å²) in [6, 6.07) is 16.2. The Morgan fingerprint density at radius 2 is 1.79 bits per heavy atom. The van der Waals surface area contributed by atoms with Crippen LogP contribution in [0.2, 0.25) is 0 Å². The Bertz CT molecular complexity index is 1130. The monoisotopic (exact) mass is 518 g/mol. The van der Waals surface area contributed by atoms with Gasteiger partial charge in [-0.1, -0.05) is 48.0 Å². The van der Waals surface area contributed by atoms with Crippen molar-refractivity contribution in [3.63, 3.8) is 0 Å². The molecular formula is C29H39BN4O4. The lowest BCUT2D eigenvalue weighted by molar-refractivity contribution is -0.133. The molecule has 0 bridgehead atoms. The van der Waals surface area contributed by atoms with Crippen LogP contribution < -0.4 is 5.32 Å². The largest absolute Gasteiger partial charge is 0.475 e. The molecule has 1 aliphatic heterocycles. The fourth-order valence-electron chi connectivity index (χ4n) is 4.93. The van der Waals surface area contributed by atoms with Gasteiger partial charge in [-0.15, -0.1) is 0 Å². The van der Waals surface area contributed by atoms with Crippen LogP contribution in [0.5, 0.6) is 0 Å². The lowest BCUT2D eigenvalue weighted by Crippen LogP contribution is -2.51. The normalized spacial score (nSPS) is 14.6. The molecule has 0 saturated carbocycles. The maximum absolute atomic E-state index is 12.8. The van der Waals surface area contributed by atoms with Crippen LogP contribution in [0.25, 0.3) is 0 Å². The van der Waals surface area contributed by atoms with Crippen molar-refractivity contribution in [2.45, 2.75) is 58.9 Å². The van der Waals surface area contributed by atoms with Crippen LogP contribution in [0, 0.1) is 24.2 Å². The molecular weight excluding hydrogens is 479 g/mol. The summed E-state index contributed by atoms with van der Waals surface area (Å²) in [5, 5.41) is 32.0. The maximum Gasteiger partial charge on any atom is 0.475 e. The molecule has 0 spiro atoms. The first-order valence-electron chi connectivity index (χ1n) is 13.5. The van der Waals surface area contributed by atoms with Crippen molar-refractivity contribution in [2.24, 2.45) is 5.92 Å². The number of aryl methyl sites for hydroxylation is 2. The van der Waals surface area contributed by atoms with Gasteiger partial charge in [0.15, 0.2) is 0 Å². The topological polar surface area (TPSA) is 117 Å². The van der Waals surface area contributed by atoms with Crippen LogP contribution in [0.15, 0.2) is 42.5 Å². The molecule has 2 aromatic carbocycles. The number of hydrogen-bond donors (Lipinski definition) is 3. The number of carbonyl (C=O) groups is 2. The van der Waals surface area contributed by atoms with E-state index in [0.29, 0.717) is 38.9 Å². The van der Waals surface area contributed by atoms with E-state index in [1.165, 1.54) is 5.56 Å². The summed E-state index contributed by atoms with van der Waals surface area (Å²) in [6.07, 6.45) is 2.26. The van der Waals surface area contributed by atoms with Gasteiger partial charge in [0, 0.05) is 26.2 Å². The van der Waals surface area contributed by atoms with Crippen LogP contribution in [0.1, 0.15) is 48.1 Å². The van der Waals surface area contributed by atoms with Crippen molar-refractivity contribution in [3.8, 4) is 6.07 Å². The molecule has 0 saturated heterocycles. The molecule has 38 heavy (non-hydrogen) atoms. The summed E-state index contributed by atoms with van der Waals surface area (Å²) in [7, 11) is -1.66. The van der Waals surface area contributed by atoms with Crippen LogP contribution >= 0.6 is 0 Å². The minimum absolute atomic E-state index is 0.110. The van der Waals surface area contributed by atoms with Crippen LogP contribution in [0.4, 0.5) is 0 Å². The van der Waals surface area contributed by atoms with Crippen LogP contribution in [0.3, 0.4) is 0 Å². The number of nitriles is 1. The summed E-state index contributed by atoms with van der Waals surface area (Å²) in [5.41, 5.74) is 5.49. The highest BCUT2D eigenvalue weighted by atomic mass is 16.4. The third-order valence-corrected chi connectivity index (χ3v) is 7.26. The first-order chi connectivity index (χ1) is 18.2. The van der Waals surface area contributed by atoms with Crippen molar-refractivity contribution < 1.29 is 19.6 Å². The van der Waals surface area contributed by atoms with E-state index in [4.69, 9.17) is 0 Å². The zero-order valence-electron chi connectivity index (χ0n) is 22.7. The van der Waals surface area contributed by atoms with Gasteiger partial charge in [-0.25, -0.2) is 0 Å². The number of fused-ring (bicyclic) bond motifs is 1. The molecule has 0 fully saturated rings. The molecule has 0 aliphatic carbocycles. The van der Waals surface area contributed by atoms with E-state index in [1.54, 1.807) is 4.90 Å². The number of carbonyl (C=O) groups excluding carboxylic acids is 2. The molecule has 1 aliphatic rings. The summed E-state index contributed by atoms with van der Waals surface area (Å²) in [6.45, 7) is 8.53. The zero-order chi connectivity index (χ0) is 27.7. The van der Waals surface area contributed by atoms with Gasteiger partial charge >= 0.3 is 7.12 Å². The van der Waals surface area contributed by atoms with E-state index in [9.17, 15) is 24.9 Å². The second kappa shape index (κ2) is 14.1. The number of rotatable bonds is 12. The lowest BCUT2D eigenvalue weighted by Gasteiger charge is -2.29. The molecule has 1 unspecified atom stereocenters. The number of hydrogen-bond acceptors (Lipinski definition) is 6. The number of amides is 2. The van der Waals surface area contributed by atoms with E-state index in [2.05, 4.69) is 34.5 Å². The second-order valence-corrected chi connectivity index (χ2v) is 10.1. The lowest BCUT2D eigenvalue weighted by atomic mass is 9.76. The van der Waals surface area contributed by atoms with E-state index < -0.39 is 19.0 Å². The fraction of sp³-hybridized carbons (Fsp3) is 0.483. The molecule has 202 valence electrons. The predicted molar refractivity (Wildman–Crippen MR) is 148 cm³/mol. The first-order valence-corrected chi connectivity index (χ1v) is 13.5. The summed E-state index contributed by atoms with van der Waals surface area (Å²) >= 11 is 0. The van der Waals surface area contributed by atoms with Gasteiger partial charge in [0.2, 0.25) is 11.8 Å². The van der Waals surface area contributed by atoms with Crippen molar-refractivity contribution in [2.75, 3.05) is 26.2 Å². The van der Waals surface area contributed by atoms with Gasteiger partial charge in [0.1, 0.15) is 5.92 Å². The molecule has 2 amide bonds. The summed E-state index contributed by atoms with van der Waals surface area (Å²) in [5.74, 6) is -1.80. The van der Waals surface area contributed by atoms with Gasteiger partial charge in [-0.3, -0.25) is 14.5 Å². The van der Waals surface area contributed by atoms with Gasteiger partial charge in [-0.05, 0) is 68.7 Å². The highest BCUT2D eigenvalue weighted by Crippen LogP contribution is 2.22. The molecule has 2 aromatic rings.